The highest BCUT2D eigenvalue weighted by molar-refractivity contribution is 5.97. The number of nitrogens with zero attached hydrogens (tertiary/aromatic N) is 1. The summed E-state index contributed by atoms with van der Waals surface area (Å²) >= 11 is 0. The average Bonchev–Trinajstić information content (AvgIpc) is 2.45. The normalized spacial score (nSPS) is 14.8. The van der Waals surface area contributed by atoms with Crippen molar-refractivity contribution in [2.45, 2.75) is 19.1 Å². The fourth-order valence-electron chi connectivity index (χ4n) is 1.45. The van der Waals surface area contributed by atoms with Crippen LogP contribution in [0.2, 0.25) is 0 Å². The van der Waals surface area contributed by atoms with Gasteiger partial charge < -0.3 is 25.9 Å². The van der Waals surface area contributed by atoms with Crippen LogP contribution in [0.25, 0.3) is 0 Å². The van der Waals surface area contributed by atoms with Crippen LogP contribution in [0, 0.1) is 0 Å². The molecule has 1 aromatic rings. The van der Waals surface area contributed by atoms with Crippen molar-refractivity contribution in [2.75, 3.05) is 6.61 Å². The lowest BCUT2D eigenvalue weighted by atomic mass is 10.0. The lowest BCUT2D eigenvalue weighted by Gasteiger charge is -2.16. The van der Waals surface area contributed by atoms with Crippen molar-refractivity contribution in [1.29, 1.82) is 0 Å². The predicted molar refractivity (Wildman–Crippen MR) is 66.6 cm³/mol. The number of esters is 1. The van der Waals surface area contributed by atoms with Crippen molar-refractivity contribution < 1.29 is 25.0 Å². The Kier molecular flexibility index (Phi) is 5.28. The summed E-state index contributed by atoms with van der Waals surface area (Å²) in [5, 5.41) is 30.7. The summed E-state index contributed by atoms with van der Waals surface area (Å²) < 4.78 is 4.60. The summed E-state index contributed by atoms with van der Waals surface area (Å²) in [6.45, 7) is 1.72. The van der Waals surface area contributed by atoms with Gasteiger partial charge in [0.05, 0.1) is 6.61 Å². The first-order chi connectivity index (χ1) is 9.01. The highest BCUT2D eigenvalue weighted by Gasteiger charge is 2.26. The van der Waals surface area contributed by atoms with E-state index in [4.69, 9.17) is 10.9 Å². The number of aliphatic hydroxyl groups excluding tert-OH is 2. The van der Waals surface area contributed by atoms with Crippen LogP contribution in [0.1, 0.15) is 24.2 Å². The predicted octanol–water partition coefficient (Wildman–Crippen LogP) is -0.262. The maximum Gasteiger partial charge on any atom is 0.338 e. The molecule has 0 saturated carbocycles. The van der Waals surface area contributed by atoms with Gasteiger partial charge in [-0.15, -0.1) is 0 Å². The maximum atomic E-state index is 11.3. The van der Waals surface area contributed by atoms with E-state index < -0.39 is 18.2 Å². The fourth-order valence-corrected chi connectivity index (χ4v) is 1.45. The standard InChI is InChI=1S/C12H16N2O5/c1-2-19-12(17)10(16)9(15)7-3-5-8(6-4-7)11(13)14-18/h3-6,9-10,15-16,18H,2H2,1H3,(H2,13,14). The van der Waals surface area contributed by atoms with Crippen molar-refractivity contribution >= 4 is 11.8 Å². The molecule has 104 valence electrons. The Labute approximate surface area is 109 Å². The van der Waals surface area contributed by atoms with Crippen LogP contribution in [-0.2, 0) is 9.53 Å². The van der Waals surface area contributed by atoms with Crippen LogP contribution >= 0.6 is 0 Å². The van der Waals surface area contributed by atoms with Crippen LogP contribution in [-0.4, -0.2) is 39.9 Å². The maximum absolute atomic E-state index is 11.3. The van der Waals surface area contributed by atoms with E-state index in [1.54, 1.807) is 6.92 Å². The van der Waals surface area contributed by atoms with Gasteiger partial charge in [0.25, 0.3) is 0 Å². The second kappa shape index (κ2) is 6.72. The molecule has 5 N–H and O–H groups in total. The third-order valence-electron chi connectivity index (χ3n) is 2.48. The lowest BCUT2D eigenvalue weighted by molar-refractivity contribution is -0.159. The number of nitrogens with two attached hydrogens (primary N) is 1. The third kappa shape index (κ3) is 3.67. The Hall–Kier alpha value is -2.12. The van der Waals surface area contributed by atoms with Gasteiger partial charge in [-0.2, -0.15) is 0 Å². The summed E-state index contributed by atoms with van der Waals surface area (Å²) in [6, 6.07) is 5.90. The van der Waals surface area contributed by atoms with Crippen molar-refractivity contribution in [2.24, 2.45) is 10.9 Å². The number of rotatable bonds is 5. The number of ether oxygens (including phenoxy) is 1. The molecule has 0 aliphatic carbocycles. The number of benzene rings is 1. The third-order valence-corrected chi connectivity index (χ3v) is 2.48. The van der Waals surface area contributed by atoms with Crippen LogP contribution in [0.15, 0.2) is 29.4 Å². The number of amidine groups is 1. The van der Waals surface area contributed by atoms with E-state index in [0.717, 1.165) is 0 Å². The first kappa shape index (κ1) is 14.9. The van der Waals surface area contributed by atoms with Crippen LogP contribution in [0.5, 0.6) is 0 Å². The van der Waals surface area contributed by atoms with E-state index in [9.17, 15) is 15.0 Å². The van der Waals surface area contributed by atoms with E-state index >= 15 is 0 Å². The van der Waals surface area contributed by atoms with Crippen LogP contribution in [0.4, 0.5) is 0 Å². The van der Waals surface area contributed by atoms with Gasteiger partial charge in [0.15, 0.2) is 11.9 Å². The molecule has 1 aromatic carbocycles. The number of hydrogen-bond donors (Lipinski definition) is 4. The average molecular weight is 268 g/mol. The molecule has 2 atom stereocenters. The van der Waals surface area contributed by atoms with Gasteiger partial charge in [0.1, 0.15) is 6.10 Å². The molecule has 0 aromatic heterocycles. The molecule has 2 unspecified atom stereocenters. The van der Waals surface area contributed by atoms with Crippen LogP contribution < -0.4 is 5.73 Å². The van der Waals surface area contributed by atoms with Crippen molar-refractivity contribution in [3.63, 3.8) is 0 Å². The summed E-state index contributed by atoms with van der Waals surface area (Å²) in [6.07, 6.45) is -3.06. The van der Waals surface area contributed by atoms with E-state index in [0.29, 0.717) is 11.1 Å². The topological polar surface area (TPSA) is 125 Å². The first-order valence-electron chi connectivity index (χ1n) is 5.61. The SMILES string of the molecule is CCOC(=O)C(O)C(O)c1ccc(C(N)=NO)cc1. The molecule has 0 saturated heterocycles. The molecular formula is C12H16N2O5. The van der Waals surface area contributed by atoms with Gasteiger partial charge in [-0.3, -0.25) is 0 Å². The number of hydrogen-bond acceptors (Lipinski definition) is 6. The number of aliphatic hydroxyl groups is 2. The zero-order valence-corrected chi connectivity index (χ0v) is 10.4. The Bertz CT molecular complexity index is 458. The molecule has 0 spiro atoms. The Balaban J connectivity index is 2.83. The molecule has 7 heteroatoms. The number of oxime groups is 1. The minimum absolute atomic E-state index is 0.0769. The largest absolute Gasteiger partial charge is 0.464 e. The van der Waals surface area contributed by atoms with Gasteiger partial charge >= 0.3 is 5.97 Å². The summed E-state index contributed by atoms with van der Waals surface area (Å²) in [4.78, 5) is 11.3. The second-order valence-electron chi connectivity index (χ2n) is 3.75. The Morgan fingerprint density at radius 3 is 2.42 bits per heavy atom. The molecule has 0 fully saturated rings. The highest BCUT2D eigenvalue weighted by Crippen LogP contribution is 2.18. The van der Waals surface area contributed by atoms with E-state index in [1.807, 2.05) is 0 Å². The fraction of sp³-hybridized carbons (Fsp3) is 0.333. The van der Waals surface area contributed by atoms with Gasteiger partial charge in [-0.05, 0) is 12.5 Å². The molecule has 0 aliphatic heterocycles. The lowest BCUT2D eigenvalue weighted by Crippen LogP contribution is -2.29. The zero-order valence-electron chi connectivity index (χ0n) is 10.4. The molecule has 0 radical (unpaired) electrons. The van der Waals surface area contributed by atoms with Crippen LogP contribution in [0.3, 0.4) is 0 Å². The van der Waals surface area contributed by atoms with Crippen molar-refractivity contribution in [3.8, 4) is 0 Å². The molecule has 0 heterocycles. The van der Waals surface area contributed by atoms with E-state index in [2.05, 4.69) is 9.89 Å². The minimum Gasteiger partial charge on any atom is -0.464 e. The smallest absolute Gasteiger partial charge is 0.338 e. The van der Waals surface area contributed by atoms with E-state index in [1.165, 1.54) is 24.3 Å². The Morgan fingerprint density at radius 1 is 1.37 bits per heavy atom. The van der Waals surface area contributed by atoms with Gasteiger partial charge in [-0.1, -0.05) is 29.4 Å². The molecule has 0 amide bonds. The highest BCUT2D eigenvalue weighted by atomic mass is 16.5. The molecule has 1 rings (SSSR count). The molecule has 0 aliphatic rings. The number of carbonyl (C=O) groups excluding carboxylic acids is 1. The van der Waals surface area contributed by atoms with Crippen molar-refractivity contribution in [3.05, 3.63) is 35.4 Å². The van der Waals surface area contributed by atoms with Gasteiger partial charge in [0, 0.05) is 5.56 Å². The molecule has 7 nitrogen and oxygen atoms in total. The summed E-state index contributed by atoms with van der Waals surface area (Å²) in [7, 11) is 0. The van der Waals surface area contributed by atoms with E-state index in [-0.39, 0.29) is 12.4 Å². The molecule has 0 bridgehead atoms. The first-order valence-corrected chi connectivity index (χ1v) is 5.61. The second-order valence-corrected chi connectivity index (χ2v) is 3.75. The summed E-state index contributed by atoms with van der Waals surface area (Å²) in [5.41, 5.74) is 6.15. The van der Waals surface area contributed by atoms with Crippen molar-refractivity contribution in [1.82, 2.24) is 0 Å². The van der Waals surface area contributed by atoms with Gasteiger partial charge in [-0.25, -0.2) is 4.79 Å². The minimum atomic E-state index is -1.66. The summed E-state index contributed by atoms with van der Waals surface area (Å²) in [5.74, 6) is -0.970. The number of carbonyl (C=O) groups is 1. The Morgan fingerprint density at radius 2 is 1.95 bits per heavy atom. The quantitative estimate of drug-likeness (QED) is 0.192. The zero-order chi connectivity index (χ0) is 14.4. The molecule has 19 heavy (non-hydrogen) atoms. The monoisotopic (exact) mass is 268 g/mol. The van der Waals surface area contributed by atoms with Gasteiger partial charge in [0.2, 0.25) is 0 Å². The molecular weight excluding hydrogens is 252 g/mol.